The summed E-state index contributed by atoms with van der Waals surface area (Å²) >= 11 is 0. The SMILES string of the molecule is Cc1cc(N)cc(C)c1S(=O)(=O)N(C)Cc1ccccn1. The summed E-state index contributed by atoms with van der Waals surface area (Å²) < 4.78 is 26.8. The average molecular weight is 305 g/mol. The quantitative estimate of drug-likeness (QED) is 0.878. The molecule has 2 N–H and O–H groups in total. The molecule has 0 unspecified atom stereocenters. The van der Waals surface area contributed by atoms with Gasteiger partial charge in [-0.1, -0.05) is 6.07 Å². The molecule has 112 valence electrons. The number of nitrogens with zero attached hydrogens (tertiary/aromatic N) is 2. The van der Waals surface area contributed by atoms with Crippen LogP contribution in [-0.4, -0.2) is 24.8 Å². The summed E-state index contributed by atoms with van der Waals surface area (Å²) in [7, 11) is -2.02. The fourth-order valence-electron chi connectivity index (χ4n) is 2.35. The van der Waals surface area contributed by atoms with Crippen LogP contribution in [0.3, 0.4) is 0 Å². The number of benzene rings is 1. The lowest BCUT2D eigenvalue weighted by molar-refractivity contribution is 0.461. The maximum Gasteiger partial charge on any atom is 0.243 e. The number of aromatic nitrogens is 1. The molecule has 0 aliphatic heterocycles. The van der Waals surface area contributed by atoms with E-state index in [2.05, 4.69) is 4.98 Å². The topological polar surface area (TPSA) is 76.3 Å². The molecule has 0 saturated carbocycles. The van der Waals surface area contributed by atoms with Crippen molar-refractivity contribution in [1.82, 2.24) is 9.29 Å². The summed E-state index contributed by atoms with van der Waals surface area (Å²) in [6.07, 6.45) is 1.65. The van der Waals surface area contributed by atoms with E-state index in [1.54, 1.807) is 51.4 Å². The zero-order chi connectivity index (χ0) is 15.6. The van der Waals surface area contributed by atoms with Crippen LogP contribution in [0.1, 0.15) is 16.8 Å². The Morgan fingerprint density at radius 3 is 2.33 bits per heavy atom. The smallest absolute Gasteiger partial charge is 0.243 e. The van der Waals surface area contributed by atoms with Crippen LogP contribution in [0.15, 0.2) is 41.4 Å². The number of anilines is 1. The Morgan fingerprint density at radius 1 is 1.19 bits per heavy atom. The van der Waals surface area contributed by atoms with Crippen molar-refractivity contribution in [3.05, 3.63) is 53.3 Å². The molecule has 21 heavy (non-hydrogen) atoms. The van der Waals surface area contributed by atoms with E-state index in [1.807, 2.05) is 6.07 Å². The second-order valence-electron chi connectivity index (χ2n) is 5.07. The monoisotopic (exact) mass is 305 g/mol. The van der Waals surface area contributed by atoms with E-state index < -0.39 is 10.0 Å². The Kier molecular flexibility index (Phi) is 4.29. The standard InChI is InChI=1S/C15H19N3O2S/c1-11-8-13(16)9-12(2)15(11)21(19,20)18(3)10-14-6-4-5-7-17-14/h4-9H,10,16H2,1-3H3. The largest absolute Gasteiger partial charge is 0.399 e. The van der Waals surface area contributed by atoms with Crippen LogP contribution < -0.4 is 5.73 Å². The highest BCUT2D eigenvalue weighted by Gasteiger charge is 2.25. The van der Waals surface area contributed by atoms with Gasteiger partial charge in [0, 0.05) is 18.9 Å². The minimum Gasteiger partial charge on any atom is -0.399 e. The molecule has 0 amide bonds. The predicted molar refractivity (Wildman–Crippen MR) is 83.2 cm³/mol. The van der Waals surface area contributed by atoms with E-state index in [9.17, 15) is 8.42 Å². The van der Waals surface area contributed by atoms with Gasteiger partial charge in [-0.25, -0.2) is 8.42 Å². The van der Waals surface area contributed by atoms with Gasteiger partial charge in [-0.05, 0) is 49.2 Å². The van der Waals surface area contributed by atoms with E-state index in [-0.39, 0.29) is 6.54 Å². The molecule has 0 bridgehead atoms. The Labute approximate surface area is 125 Å². The minimum absolute atomic E-state index is 0.229. The molecule has 0 spiro atoms. The molecule has 0 aliphatic carbocycles. The molecular weight excluding hydrogens is 286 g/mol. The lowest BCUT2D eigenvalue weighted by Crippen LogP contribution is -2.28. The molecule has 1 aromatic carbocycles. The molecule has 0 radical (unpaired) electrons. The van der Waals surface area contributed by atoms with Crippen molar-refractivity contribution >= 4 is 15.7 Å². The van der Waals surface area contributed by atoms with Gasteiger partial charge >= 0.3 is 0 Å². The van der Waals surface area contributed by atoms with Crippen LogP contribution in [0.2, 0.25) is 0 Å². The van der Waals surface area contributed by atoms with Crippen LogP contribution in [0.5, 0.6) is 0 Å². The summed E-state index contributed by atoms with van der Waals surface area (Å²) in [6, 6.07) is 8.78. The van der Waals surface area contributed by atoms with Crippen molar-refractivity contribution in [3.8, 4) is 0 Å². The highest BCUT2D eigenvalue weighted by Crippen LogP contribution is 2.26. The molecule has 0 atom stereocenters. The zero-order valence-electron chi connectivity index (χ0n) is 12.4. The van der Waals surface area contributed by atoms with Gasteiger partial charge in [-0.15, -0.1) is 0 Å². The van der Waals surface area contributed by atoms with Crippen molar-refractivity contribution in [2.75, 3.05) is 12.8 Å². The zero-order valence-corrected chi connectivity index (χ0v) is 13.2. The van der Waals surface area contributed by atoms with Gasteiger partial charge in [-0.2, -0.15) is 4.31 Å². The van der Waals surface area contributed by atoms with E-state index >= 15 is 0 Å². The molecule has 1 heterocycles. The highest BCUT2D eigenvalue weighted by atomic mass is 32.2. The Morgan fingerprint density at radius 2 is 1.81 bits per heavy atom. The van der Waals surface area contributed by atoms with Crippen LogP contribution >= 0.6 is 0 Å². The third-order valence-electron chi connectivity index (χ3n) is 3.26. The number of hydrogen-bond donors (Lipinski definition) is 1. The fourth-order valence-corrected chi connectivity index (χ4v) is 3.90. The number of pyridine rings is 1. The van der Waals surface area contributed by atoms with Gasteiger partial charge < -0.3 is 5.73 Å². The number of hydrogen-bond acceptors (Lipinski definition) is 4. The summed E-state index contributed by atoms with van der Waals surface area (Å²) in [4.78, 5) is 4.47. The lowest BCUT2D eigenvalue weighted by atomic mass is 10.1. The van der Waals surface area contributed by atoms with Crippen molar-refractivity contribution in [2.45, 2.75) is 25.3 Å². The molecular formula is C15H19N3O2S. The Hall–Kier alpha value is -1.92. The summed E-state index contributed by atoms with van der Waals surface area (Å²) in [6.45, 7) is 3.74. The molecule has 5 nitrogen and oxygen atoms in total. The number of nitrogen functional groups attached to an aromatic ring is 1. The first-order valence-electron chi connectivity index (χ1n) is 6.55. The number of aryl methyl sites for hydroxylation is 2. The molecule has 6 heteroatoms. The van der Waals surface area contributed by atoms with Crippen LogP contribution in [-0.2, 0) is 16.6 Å². The minimum atomic E-state index is -3.58. The molecule has 1 aromatic heterocycles. The van der Waals surface area contributed by atoms with Gasteiger partial charge in [0.1, 0.15) is 0 Å². The first kappa shape index (κ1) is 15.5. The third-order valence-corrected chi connectivity index (χ3v) is 5.37. The van der Waals surface area contributed by atoms with Crippen LogP contribution in [0.25, 0.3) is 0 Å². The molecule has 2 rings (SSSR count). The number of rotatable bonds is 4. The van der Waals surface area contributed by atoms with Crippen molar-refractivity contribution in [3.63, 3.8) is 0 Å². The fraction of sp³-hybridized carbons (Fsp3) is 0.267. The first-order chi connectivity index (χ1) is 9.82. The number of nitrogens with two attached hydrogens (primary N) is 1. The Balaban J connectivity index is 2.38. The van der Waals surface area contributed by atoms with Crippen molar-refractivity contribution in [1.29, 1.82) is 0 Å². The summed E-state index contributed by atoms with van der Waals surface area (Å²) in [5, 5.41) is 0. The van der Waals surface area contributed by atoms with Crippen LogP contribution in [0, 0.1) is 13.8 Å². The third kappa shape index (κ3) is 3.22. The van der Waals surface area contributed by atoms with E-state index in [1.165, 1.54) is 4.31 Å². The number of sulfonamides is 1. The second kappa shape index (κ2) is 5.83. The molecule has 0 saturated heterocycles. The van der Waals surface area contributed by atoms with E-state index in [0.29, 0.717) is 27.4 Å². The van der Waals surface area contributed by atoms with Gasteiger partial charge in [0.2, 0.25) is 10.0 Å². The predicted octanol–water partition coefficient (Wildman–Crippen LogP) is 2.10. The second-order valence-corrected chi connectivity index (χ2v) is 7.05. The van der Waals surface area contributed by atoms with Gasteiger partial charge in [0.25, 0.3) is 0 Å². The summed E-state index contributed by atoms with van der Waals surface area (Å²) in [5.41, 5.74) is 8.33. The van der Waals surface area contributed by atoms with Gasteiger partial charge in [0.05, 0.1) is 17.1 Å². The average Bonchev–Trinajstić information content (AvgIpc) is 2.38. The maximum atomic E-state index is 12.7. The van der Waals surface area contributed by atoms with Gasteiger partial charge in [0.15, 0.2) is 0 Å². The summed E-state index contributed by atoms with van der Waals surface area (Å²) in [5.74, 6) is 0. The molecule has 0 fully saturated rings. The van der Waals surface area contributed by atoms with E-state index in [0.717, 1.165) is 0 Å². The van der Waals surface area contributed by atoms with Crippen molar-refractivity contribution in [2.24, 2.45) is 0 Å². The Bertz CT molecular complexity index is 720. The molecule has 2 aromatic rings. The molecule has 0 aliphatic rings. The maximum absolute atomic E-state index is 12.7. The van der Waals surface area contributed by atoms with Crippen LogP contribution in [0.4, 0.5) is 5.69 Å². The normalized spacial score (nSPS) is 11.8. The lowest BCUT2D eigenvalue weighted by Gasteiger charge is -2.20. The van der Waals surface area contributed by atoms with Gasteiger partial charge in [-0.3, -0.25) is 4.98 Å². The van der Waals surface area contributed by atoms with Crippen molar-refractivity contribution < 1.29 is 8.42 Å². The van der Waals surface area contributed by atoms with E-state index in [4.69, 9.17) is 5.73 Å². The highest BCUT2D eigenvalue weighted by molar-refractivity contribution is 7.89. The first-order valence-corrected chi connectivity index (χ1v) is 7.99.